The Labute approximate surface area is 173 Å². The highest BCUT2D eigenvalue weighted by Gasteiger charge is 2.35. The molecule has 0 saturated heterocycles. The highest BCUT2D eigenvalue weighted by molar-refractivity contribution is 7.12. The van der Waals surface area contributed by atoms with Gasteiger partial charge in [-0.2, -0.15) is 18.3 Å². The number of ether oxygens (including phenoxy) is 1. The van der Waals surface area contributed by atoms with Crippen molar-refractivity contribution in [2.24, 2.45) is 0 Å². The van der Waals surface area contributed by atoms with Crippen molar-refractivity contribution in [3.05, 3.63) is 70.7 Å². The largest absolute Gasteiger partial charge is 0.497 e. The van der Waals surface area contributed by atoms with Crippen LogP contribution in [-0.4, -0.2) is 21.9 Å². The van der Waals surface area contributed by atoms with Crippen LogP contribution in [0.5, 0.6) is 5.75 Å². The molecule has 0 unspecified atom stereocenters. The van der Waals surface area contributed by atoms with E-state index in [-0.39, 0.29) is 5.69 Å². The number of nitrogens with zero attached hydrogens (tertiary/aromatic N) is 3. The van der Waals surface area contributed by atoms with E-state index in [2.05, 4.69) is 10.1 Å². The maximum absolute atomic E-state index is 13.3. The van der Waals surface area contributed by atoms with Crippen molar-refractivity contribution in [3.8, 4) is 33.4 Å². The molecule has 0 amide bonds. The molecule has 0 aliphatic rings. The predicted octanol–water partition coefficient (Wildman–Crippen LogP) is 6.34. The third-order valence-corrected chi connectivity index (χ3v) is 5.27. The van der Waals surface area contributed by atoms with E-state index in [1.54, 1.807) is 53.9 Å². The van der Waals surface area contributed by atoms with Gasteiger partial charge in [0.15, 0.2) is 5.69 Å². The second kappa shape index (κ2) is 7.53. The maximum atomic E-state index is 13.3. The molecule has 0 fully saturated rings. The zero-order valence-electron chi connectivity index (χ0n) is 14.9. The molecule has 0 spiro atoms. The highest BCUT2D eigenvalue weighted by atomic mass is 35.5. The van der Waals surface area contributed by atoms with Crippen LogP contribution < -0.4 is 4.74 Å². The van der Waals surface area contributed by atoms with Crippen molar-refractivity contribution in [2.75, 3.05) is 7.11 Å². The number of hydrogen-bond donors (Lipinski definition) is 0. The van der Waals surface area contributed by atoms with Gasteiger partial charge in [0.25, 0.3) is 0 Å². The van der Waals surface area contributed by atoms with E-state index in [0.717, 1.165) is 11.6 Å². The Bertz CT molecular complexity index is 1140. The van der Waals surface area contributed by atoms with Crippen LogP contribution in [0.25, 0.3) is 27.6 Å². The van der Waals surface area contributed by atoms with Gasteiger partial charge in [-0.25, -0.2) is 9.67 Å². The standard InChI is InChI=1S/C20H13ClF3N3OS/c1-28-15-8-4-13(5-9-15)17-10-18(20(22,23)24)26-27(17)19-25-16(11-29-19)12-2-6-14(21)7-3-12/h2-11H,1H3. The fourth-order valence-corrected chi connectivity index (χ4v) is 3.67. The zero-order valence-corrected chi connectivity index (χ0v) is 16.5. The molecule has 2 aromatic carbocycles. The van der Waals surface area contributed by atoms with Crippen LogP contribution >= 0.6 is 22.9 Å². The zero-order chi connectivity index (χ0) is 20.6. The van der Waals surface area contributed by atoms with E-state index in [0.29, 0.717) is 27.2 Å². The van der Waals surface area contributed by atoms with Crippen LogP contribution in [0.2, 0.25) is 5.02 Å². The molecule has 0 N–H and O–H groups in total. The molecule has 4 aromatic rings. The summed E-state index contributed by atoms with van der Waals surface area (Å²) in [7, 11) is 1.52. The number of thiazole rings is 1. The third-order valence-electron chi connectivity index (χ3n) is 4.20. The van der Waals surface area contributed by atoms with Crippen molar-refractivity contribution >= 4 is 22.9 Å². The first kappa shape index (κ1) is 19.5. The lowest BCUT2D eigenvalue weighted by Gasteiger charge is -2.05. The monoisotopic (exact) mass is 435 g/mol. The number of aromatic nitrogens is 3. The first-order valence-electron chi connectivity index (χ1n) is 8.38. The molecule has 2 heterocycles. The summed E-state index contributed by atoms with van der Waals surface area (Å²) in [5, 5.41) is 6.47. The minimum Gasteiger partial charge on any atom is -0.497 e. The van der Waals surface area contributed by atoms with Gasteiger partial charge in [-0.1, -0.05) is 23.7 Å². The highest BCUT2D eigenvalue weighted by Crippen LogP contribution is 2.35. The molecule has 9 heteroatoms. The summed E-state index contributed by atoms with van der Waals surface area (Å²) in [6, 6.07) is 14.8. The van der Waals surface area contributed by atoms with Crippen LogP contribution in [0, 0.1) is 0 Å². The molecular weight excluding hydrogens is 423 g/mol. The Morgan fingerprint density at radius 1 is 1.00 bits per heavy atom. The average Bonchev–Trinajstić information content (AvgIpc) is 3.36. The van der Waals surface area contributed by atoms with E-state index in [1.165, 1.54) is 23.1 Å². The molecule has 0 bridgehead atoms. The molecule has 4 rings (SSSR count). The fraction of sp³-hybridized carbons (Fsp3) is 0.100. The molecule has 0 atom stereocenters. The van der Waals surface area contributed by atoms with Crippen LogP contribution in [0.4, 0.5) is 13.2 Å². The van der Waals surface area contributed by atoms with Gasteiger partial charge in [0.2, 0.25) is 5.13 Å². The second-order valence-corrected chi connectivity index (χ2v) is 7.35. The molecule has 0 aliphatic heterocycles. The lowest BCUT2D eigenvalue weighted by atomic mass is 10.1. The topological polar surface area (TPSA) is 39.9 Å². The van der Waals surface area contributed by atoms with Crippen molar-refractivity contribution in [2.45, 2.75) is 6.18 Å². The summed E-state index contributed by atoms with van der Waals surface area (Å²) in [5.41, 5.74) is 1.32. The lowest BCUT2D eigenvalue weighted by molar-refractivity contribution is -0.141. The molecular formula is C20H13ClF3N3OS. The van der Waals surface area contributed by atoms with E-state index in [4.69, 9.17) is 16.3 Å². The van der Waals surface area contributed by atoms with Gasteiger partial charge in [0, 0.05) is 21.5 Å². The Hall–Kier alpha value is -2.84. The fourth-order valence-electron chi connectivity index (χ4n) is 2.75. The van der Waals surface area contributed by atoms with Gasteiger partial charge < -0.3 is 4.74 Å². The maximum Gasteiger partial charge on any atom is 0.435 e. The van der Waals surface area contributed by atoms with Crippen molar-refractivity contribution in [1.82, 2.24) is 14.8 Å². The Morgan fingerprint density at radius 3 is 2.28 bits per heavy atom. The molecule has 2 aromatic heterocycles. The Kier molecular flexibility index (Phi) is 5.06. The number of rotatable bonds is 4. The number of benzene rings is 2. The molecule has 29 heavy (non-hydrogen) atoms. The van der Waals surface area contributed by atoms with E-state index < -0.39 is 11.9 Å². The smallest absolute Gasteiger partial charge is 0.435 e. The van der Waals surface area contributed by atoms with Crippen LogP contribution in [-0.2, 0) is 6.18 Å². The van der Waals surface area contributed by atoms with E-state index in [1.807, 2.05) is 0 Å². The predicted molar refractivity (Wildman–Crippen MR) is 107 cm³/mol. The molecule has 148 valence electrons. The number of hydrogen-bond acceptors (Lipinski definition) is 4. The number of methoxy groups -OCH3 is 1. The summed E-state index contributed by atoms with van der Waals surface area (Å²) in [6.07, 6.45) is -4.57. The van der Waals surface area contributed by atoms with Crippen LogP contribution in [0.15, 0.2) is 60.0 Å². The van der Waals surface area contributed by atoms with Gasteiger partial charge in [-0.3, -0.25) is 0 Å². The van der Waals surface area contributed by atoms with E-state index in [9.17, 15) is 13.2 Å². The SMILES string of the molecule is COc1ccc(-c2cc(C(F)(F)F)nn2-c2nc(-c3ccc(Cl)cc3)cs2)cc1. The van der Waals surface area contributed by atoms with Gasteiger partial charge in [0.05, 0.1) is 18.5 Å². The summed E-state index contributed by atoms with van der Waals surface area (Å²) in [4.78, 5) is 4.48. The van der Waals surface area contributed by atoms with Gasteiger partial charge in [-0.05, 0) is 42.5 Å². The third kappa shape index (κ3) is 3.99. The number of alkyl halides is 3. The van der Waals surface area contributed by atoms with Gasteiger partial charge in [-0.15, -0.1) is 11.3 Å². The lowest BCUT2D eigenvalue weighted by Crippen LogP contribution is -2.07. The number of halogens is 4. The second-order valence-electron chi connectivity index (χ2n) is 6.08. The van der Waals surface area contributed by atoms with Gasteiger partial charge in [0.1, 0.15) is 5.75 Å². The minimum absolute atomic E-state index is 0.289. The van der Waals surface area contributed by atoms with Crippen LogP contribution in [0.3, 0.4) is 0 Å². The molecule has 0 saturated carbocycles. The first-order chi connectivity index (χ1) is 13.8. The Morgan fingerprint density at radius 2 is 1.66 bits per heavy atom. The van der Waals surface area contributed by atoms with Crippen LogP contribution in [0.1, 0.15) is 5.69 Å². The van der Waals surface area contributed by atoms with Crippen molar-refractivity contribution < 1.29 is 17.9 Å². The summed E-state index contributed by atoms with van der Waals surface area (Å²) < 4.78 is 46.3. The minimum atomic E-state index is -4.57. The van der Waals surface area contributed by atoms with Crippen molar-refractivity contribution in [3.63, 3.8) is 0 Å². The quantitative estimate of drug-likeness (QED) is 0.375. The molecule has 4 nitrogen and oxygen atoms in total. The van der Waals surface area contributed by atoms with Crippen molar-refractivity contribution in [1.29, 1.82) is 0 Å². The normalized spacial score (nSPS) is 11.6. The summed E-state index contributed by atoms with van der Waals surface area (Å²) in [6.45, 7) is 0. The average molecular weight is 436 g/mol. The van der Waals surface area contributed by atoms with Gasteiger partial charge >= 0.3 is 6.18 Å². The summed E-state index contributed by atoms with van der Waals surface area (Å²) in [5.74, 6) is 0.607. The molecule has 0 radical (unpaired) electrons. The molecule has 0 aliphatic carbocycles. The van der Waals surface area contributed by atoms with E-state index >= 15 is 0 Å². The Balaban J connectivity index is 1.80. The summed E-state index contributed by atoms with van der Waals surface area (Å²) >= 11 is 7.11. The first-order valence-corrected chi connectivity index (χ1v) is 9.64.